The fourth-order valence-corrected chi connectivity index (χ4v) is 0.632. The van der Waals surface area contributed by atoms with Gasteiger partial charge < -0.3 is 4.74 Å². The van der Waals surface area contributed by atoms with Crippen LogP contribution in [-0.2, 0) is 0 Å². The Bertz CT molecular complexity index is 277. The zero-order chi connectivity index (χ0) is 8.27. The molecule has 0 bridgehead atoms. The number of halogens is 1. The standard InChI is InChI=1S/C6H5ClN2O2/c1-11-5-3-8-2-4(9-5)6(7)10/h2-3H,1H3. The average molecular weight is 173 g/mol. The van der Waals surface area contributed by atoms with E-state index in [4.69, 9.17) is 16.3 Å². The second kappa shape index (κ2) is 3.30. The smallest absolute Gasteiger partial charge is 0.272 e. The maximum Gasteiger partial charge on any atom is 0.272 e. The van der Waals surface area contributed by atoms with Crippen molar-refractivity contribution in [3.63, 3.8) is 0 Å². The Labute approximate surface area is 68.2 Å². The Kier molecular flexibility index (Phi) is 2.38. The predicted molar refractivity (Wildman–Crippen MR) is 38.8 cm³/mol. The Hall–Kier alpha value is -1.16. The summed E-state index contributed by atoms with van der Waals surface area (Å²) in [6.45, 7) is 0. The van der Waals surface area contributed by atoms with Crippen LogP contribution in [0.5, 0.6) is 5.88 Å². The van der Waals surface area contributed by atoms with Gasteiger partial charge in [-0.05, 0) is 11.6 Å². The summed E-state index contributed by atoms with van der Waals surface area (Å²) in [5.74, 6) is 0.275. The van der Waals surface area contributed by atoms with Crippen molar-refractivity contribution in [3.05, 3.63) is 18.1 Å². The number of hydrogen-bond acceptors (Lipinski definition) is 4. The van der Waals surface area contributed by atoms with E-state index in [0.29, 0.717) is 0 Å². The van der Waals surface area contributed by atoms with Crippen molar-refractivity contribution in [1.29, 1.82) is 0 Å². The highest BCUT2D eigenvalue weighted by Crippen LogP contribution is 2.05. The van der Waals surface area contributed by atoms with Crippen LogP contribution in [0.25, 0.3) is 0 Å². The largest absolute Gasteiger partial charge is 0.480 e. The van der Waals surface area contributed by atoms with Gasteiger partial charge in [-0.15, -0.1) is 0 Å². The lowest BCUT2D eigenvalue weighted by atomic mass is 10.5. The first-order valence-electron chi connectivity index (χ1n) is 2.80. The second-order valence-corrected chi connectivity index (χ2v) is 2.06. The molecule has 0 aliphatic carbocycles. The van der Waals surface area contributed by atoms with Gasteiger partial charge in [0.25, 0.3) is 5.24 Å². The number of rotatable bonds is 2. The normalized spacial score (nSPS) is 9.27. The van der Waals surface area contributed by atoms with E-state index in [9.17, 15) is 4.79 Å². The molecule has 0 aromatic carbocycles. The van der Waals surface area contributed by atoms with Crippen molar-refractivity contribution in [3.8, 4) is 5.88 Å². The molecule has 1 rings (SSSR count). The Morgan fingerprint density at radius 1 is 1.64 bits per heavy atom. The van der Waals surface area contributed by atoms with Gasteiger partial charge in [0.1, 0.15) is 5.69 Å². The number of nitrogens with zero attached hydrogens (tertiary/aromatic N) is 2. The molecule has 0 radical (unpaired) electrons. The molecule has 11 heavy (non-hydrogen) atoms. The van der Waals surface area contributed by atoms with Crippen molar-refractivity contribution in [2.24, 2.45) is 0 Å². The van der Waals surface area contributed by atoms with E-state index >= 15 is 0 Å². The first kappa shape index (κ1) is 7.94. The highest BCUT2D eigenvalue weighted by molar-refractivity contribution is 6.67. The topological polar surface area (TPSA) is 52.1 Å². The van der Waals surface area contributed by atoms with Crippen LogP contribution in [-0.4, -0.2) is 22.3 Å². The summed E-state index contributed by atoms with van der Waals surface area (Å²) in [5.41, 5.74) is 0.0889. The third-order valence-corrected chi connectivity index (χ3v) is 1.22. The summed E-state index contributed by atoms with van der Waals surface area (Å²) in [4.78, 5) is 17.9. The number of methoxy groups -OCH3 is 1. The molecule has 4 nitrogen and oxygen atoms in total. The molecule has 0 aliphatic rings. The molecule has 5 heteroatoms. The van der Waals surface area contributed by atoms with Crippen molar-refractivity contribution in [2.75, 3.05) is 7.11 Å². The third kappa shape index (κ3) is 1.88. The first-order chi connectivity index (χ1) is 5.24. The third-order valence-electron chi connectivity index (χ3n) is 1.02. The molecular formula is C6H5ClN2O2. The van der Waals surface area contributed by atoms with Gasteiger partial charge in [0.2, 0.25) is 5.88 Å². The van der Waals surface area contributed by atoms with E-state index in [-0.39, 0.29) is 11.6 Å². The molecule has 1 aromatic rings. The molecule has 0 amide bonds. The summed E-state index contributed by atoms with van der Waals surface area (Å²) in [7, 11) is 1.44. The molecule has 0 fully saturated rings. The SMILES string of the molecule is COc1cncc(C(=O)Cl)n1. The fourth-order valence-electron chi connectivity index (χ4n) is 0.541. The molecule has 0 spiro atoms. The van der Waals surface area contributed by atoms with Gasteiger partial charge in [0.15, 0.2) is 0 Å². The van der Waals surface area contributed by atoms with Crippen LogP contribution in [0.1, 0.15) is 10.5 Å². The number of carbonyl (C=O) groups excluding carboxylic acids is 1. The highest BCUT2D eigenvalue weighted by atomic mass is 35.5. The van der Waals surface area contributed by atoms with Crippen molar-refractivity contribution >= 4 is 16.8 Å². The summed E-state index contributed by atoms with van der Waals surface area (Å²) in [6, 6.07) is 0. The zero-order valence-corrected chi connectivity index (χ0v) is 6.50. The second-order valence-electron chi connectivity index (χ2n) is 1.72. The zero-order valence-electron chi connectivity index (χ0n) is 5.74. The minimum Gasteiger partial charge on any atom is -0.480 e. The monoisotopic (exact) mass is 172 g/mol. The maximum atomic E-state index is 10.5. The minimum atomic E-state index is -0.642. The van der Waals surface area contributed by atoms with E-state index in [0.717, 1.165) is 0 Å². The fraction of sp³-hybridized carbons (Fsp3) is 0.167. The van der Waals surface area contributed by atoms with Gasteiger partial charge in [0.05, 0.1) is 19.5 Å². The van der Waals surface area contributed by atoms with Gasteiger partial charge in [-0.2, -0.15) is 0 Å². The van der Waals surface area contributed by atoms with Gasteiger partial charge in [-0.1, -0.05) is 0 Å². The van der Waals surface area contributed by atoms with Gasteiger partial charge in [-0.25, -0.2) is 4.98 Å². The van der Waals surface area contributed by atoms with E-state index in [1.807, 2.05) is 0 Å². The Morgan fingerprint density at radius 3 is 2.91 bits per heavy atom. The van der Waals surface area contributed by atoms with E-state index < -0.39 is 5.24 Å². The molecule has 1 heterocycles. The average Bonchev–Trinajstić information content (AvgIpc) is 2.05. The van der Waals surface area contributed by atoms with Crippen molar-refractivity contribution in [2.45, 2.75) is 0 Å². The maximum absolute atomic E-state index is 10.5. The van der Waals surface area contributed by atoms with Crippen LogP contribution in [0.3, 0.4) is 0 Å². The molecule has 0 atom stereocenters. The van der Waals surface area contributed by atoms with Crippen LogP contribution in [0.2, 0.25) is 0 Å². The number of ether oxygens (including phenoxy) is 1. The van der Waals surface area contributed by atoms with Crippen LogP contribution >= 0.6 is 11.6 Å². The first-order valence-corrected chi connectivity index (χ1v) is 3.17. The summed E-state index contributed by atoms with van der Waals surface area (Å²) in [5, 5.41) is -0.642. The lowest BCUT2D eigenvalue weighted by Gasteiger charge is -1.96. The molecule has 58 valence electrons. The van der Waals surface area contributed by atoms with Crippen molar-refractivity contribution in [1.82, 2.24) is 9.97 Å². The molecule has 0 aliphatic heterocycles. The van der Waals surface area contributed by atoms with Gasteiger partial charge in [0, 0.05) is 0 Å². The molecule has 0 saturated carbocycles. The molecular weight excluding hydrogens is 168 g/mol. The number of hydrogen-bond donors (Lipinski definition) is 0. The summed E-state index contributed by atoms with van der Waals surface area (Å²) >= 11 is 5.14. The number of aromatic nitrogens is 2. The lowest BCUT2D eigenvalue weighted by molar-refractivity contribution is 0.107. The summed E-state index contributed by atoms with van der Waals surface area (Å²) < 4.78 is 4.72. The van der Waals surface area contributed by atoms with Gasteiger partial charge >= 0.3 is 0 Å². The Morgan fingerprint density at radius 2 is 2.36 bits per heavy atom. The quantitative estimate of drug-likeness (QED) is 0.621. The lowest BCUT2D eigenvalue weighted by Crippen LogP contribution is -1.97. The van der Waals surface area contributed by atoms with E-state index in [2.05, 4.69) is 9.97 Å². The minimum absolute atomic E-state index is 0.0889. The van der Waals surface area contributed by atoms with Gasteiger partial charge in [-0.3, -0.25) is 9.78 Å². The van der Waals surface area contributed by atoms with Crippen molar-refractivity contribution < 1.29 is 9.53 Å². The van der Waals surface area contributed by atoms with Crippen LogP contribution in [0, 0.1) is 0 Å². The van der Waals surface area contributed by atoms with E-state index in [1.165, 1.54) is 19.5 Å². The predicted octanol–water partition coefficient (Wildman–Crippen LogP) is 0.864. The molecule has 1 aromatic heterocycles. The Balaban J connectivity index is 3.01. The summed E-state index contributed by atoms with van der Waals surface area (Å²) in [6.07, 6.45) is 2.67. The number of carbonyl (C=O) groups is 1. The molecule has 0 unspecified atom stereocenters. The molecule has 0 saturated heterocycles. The van der Waals surface area contributed by atoms with Crippen LogP contribution in [0.15, 0.2) is 12.4 Å². The van der Waals surface area contributed by atoms with Crippen LogP contribution < -0.4 is 4.74 Å². The highest BCUT2D eigenvalue weighted by Gasteiger charge is 2.04. The van der Waals surface area contributed by atoms with E-state index in [1.54, 1.807) is 0 Å². The van der Waals surface area contributed by atoms with Crippen LogP contribution in [0.4, 0.5) is 0 Å². The molecule has 0 N–H and O–H groups in total.